The number of rotatable bonds is 5. The number of nitrogens with zero attached hydrogens (tertiary/aromatic N) is 2. The number of anilines is 1. The first-order valence-electron chi connectivity index (χ1n) is 7.14. The van der Waals surface area contributed by atoms with Gasteiger partial charge in [0, 0.05) is 26.0 Å². The molecule has 0 aliphatic heterocycles. The number of benzene rings is 1. The van der Waals surface area contributed by atoms with Gasteiger partial charge in [-0.3, -0.25) is 9.78 Å². The second kappa shape index (κ2) is 7.41. The van der Waals surface area contributed by atoms with Crippen molar-refractivity contribution in [2.45, 2.75) is 4.90 Å². The summed E-state index contributed by atoms with van der Waals surface area (Å²) < 4.78 is 29.6. The topological polar surface area (TPSA) is 106 Å². The molecule has 25 heavy (non-hydrogen) atoms. The minimum absolute atomic E-state index is 0.109. The number of amides is 1. The van der Waals surface area contributed by atoms with E-state index in [9.17, 15) is 18.0 Å². The van der Waals surface area contributed by atoms with Gasteiger partial charge in [-0.1, -0.05) is 0 Å². The van der Waals surface area contributed by atoms with E-state index in [1.165, 1.54) is 63.8 Å². The predicted octanol–water partition coefficient (Wildman–Crippen LogP) is 1.37. The van der Waals surface area contributed by atoms with Gasteiger partial charge in [0.1, 0.15) is 5.69 Å². The summed E-state index contributed by atoms with van der Waals surface area (Å²) in [5, 5.41) is 2.60. The van der Waals surface area contributed by atoms with Crippen molar-refractivity contribution in [3.8, 4) is 0 Å². The summed E-state index contributed by atoms with van der Waals surface area (Å²) in [7, 11) is 0.606. The van der Waals surface area contributed by atoms with Crippen LogP contribution in [0.1, 0.15) is 20.8 Å². The summed E-state index contributed by atoms with van der Waals surface area (Å²) in [5.41, 5.74) is 0.761. The molecule has 1 N–H and O–H groups in total. The second-order valence-corrected chi connectivity index (χ2v) is 7.34. The van der Waals surface area contributed by atoms with Crippen LogP contribution in [-0.4, -0.2) is 50.8 Å². The van der Waals surface area contributed by atoms with Gasteiger partial charge in [0.2, 0.25) is 10.0 Å². The van der Waals surface area contributed by atoms with Gasteiger partial charge in [-0.2, -0.15) is 0 Å². The molecule has 0 spiro atoms. The predicted molar refractivity (Wildman–Crippen MR) is 90.8 cm³/mol. The molecule has 0 saturated heterocycles. The van der Waals surface area contributed by atoms with Gasteiger partial charge in [-0.05, 0) is 36.4 Å². The molecule has 8 nitrogen and oxygen atoms in total. The molecule has 9 heteroatoms. The maximum absolute atomic E-state index is 12.1. The van der Waals surface area contributed by atoms with Crippen LogP contribution in [0.4, 0.5) is 5.69 Å². The van der Waals surface area contributed by atoms with Crippen LogP contribution in [0.25, 0.3) is 0 Å². The number of hydrogen-bond donors (Lipinski definition) is 1. The molecule has 0 saturated carbocycles. The molecule has 0 unspecified atom stereocenters. The Morgan fingerprint density at radius 1 is 1.08 bits per heavy atom. The molecule has 0 radical (unpaired) electrons. The average Bonchev–Trinajstić information content (AvgIpc) is 2.61. The van der Waals surface area contributed by atoms with E-state index in [0.717, 1.165) is 4.31 Å². The third kappa shape index (κ3) is 4.20. The van der Waals surface area contributed by atoms with E-state index in [-0.39, 0.29) is 16.2 Å². The van der Waals surface area contributed by atoms with E-state index in [1.807, 2.05) is 0 Å². The van der Waals surface area contributed by atoms with E-state index in [0.29, 0.717) is 5.69 Å². The highest BCUT2D eigenvalue weighted by Crippen LogP contribution is 2.17. The summed E-state index contributed by atoms with van der Waals surface area (Å²) in [6, 6.07) is 8.60. The van der Waals surface area contributed by atoms with Gasteiger partial charge in [0.05, 0.1) is 17.6 Å². The van der Waals surface area contributed by atoms with E-state index in [4.69, 9.17) is 0 Å². The van der Waals surface area contributed by atoms with Crippen molar-refractivity contribution in [2.75, 3.05) is 26.5 Å². The van der Waals surface area contributed by atoms with Gasteiger partial charge in [0.25, 0.3) is 5.91 Å². The lowest BCUT2D eigenvalue weighted by Crippen LogP contribution is -2.22. The van der Waals surface area contributed by atoms with Gasteiger partial charge in [-0.25, -0.2) is 17.5 Å². The molecule has 0 aliphatic carbocycles. The Morgan fingerprint density at radius 2 is 1.72 bits per heavy atom. The highest BCUT2D eigenvalue weighted by atomic mass is 32.2. The fraction of sp³-hybridized carbons (Fsp3) is 0.188. The molecule has 1 heterocycles. The number of hydrogen-bond acceptors (Lipinski definition) is 6. The molecular formula is C16H17N3O5S. The van der Waals surface area contributed by atoms with Gasteiger partial charge in [-0.15, -0.1) is 0 Å². The standard InChI is InChI=1S/C16H17N3O5S/c1-19(2)25(22,23)13-7-5-12(6-8-13)18-15(20)14-9-4-11(10-17-14)16(21)24-3/h4-10H,1-3H3,(H,18,20). The number of esters is 1. The van der Waals surface area contributed by atoms with Crippen LogP contribution in [0.2, 0.25) is 0 Å². The molecule has 2 aromatic rings. The molecule has 0 aliphatic rings. The molecule has 1 amide bonds. The molecule has 1 aromatic carbocycles. The Bertz CT molecular complexity index is 875. The molecule has 132 valence electrons. The normalized spacial score (nSPS) is 11.2. The lowest BCUT2D eigenvalue weighted by Gasteiger charge is -2.12. The number of ether oxygens (including phenoxy) is 1. The van der Waals surface area contributed by atoms with Crippen LogP contribution in [0.15, 0.2) is 47.5 Å². The first kappa shape index (κ1) is 18.6. The zero-order valence-corrected chi connectivity index (χ0v) is 14.7. The maximum atomic E-state index is 12.1. The quantitative estimate of drug-likeness (QED) is 0.804. The molecule has 0 atom stereocenters. The van der Waals surface area contributed by atoms with E-state index < -0.39 is 21.9 Å². The van der Waals surface area contributed by atoms with Crippen LogP contribution < -0.4 is 5.32 Å². The van der Waals surface area contributed by atoms with Crippen LogP contribution >= 0.6 is 0 Å². The largest absolute Gasteiger partial charge is 0.465 e. The van der Waals surface area contributed by atoms with Crippen molar-refractivity contribution < 1.29 is 22.7 Å². The van der Waals surface area contributed by atoms with Crippen molar-refractivity contribution in [3.63, 3.8) is 0 Å². The number of nitrogens with one attached hydrogen (secondary N) is 1. The fourth-order valence-corrected chi connectivity index (χ4v) is 2.78. The number of carbonyl (C=O) groups is 2. The highest BCUT2D eigenvalue weighted by molar-refractivity contribution is 7.89. The van der Waals surface area contributed by atoms with Crippen molar-refractivity contribution >= 4 is 27.6 Å². The van der Waals surface area contributed by atoms with Crippen LogP contribution in [0.5, 0.6) is 0 Å². The van der Waals surface area contributed by atoms with Crippen molar-refractivity contribution in [3.05, 3.63) is 53.9 Å². The number of aromatic nitrogens is 1. The zero-order valence-electron chi connectivity index (χ0n) is 13.9. The van der Waals surface area contributed by atoms with Crippen molar-refractivity contribution in [1.82, 2.24) is 9.29 Å². The first-order valence-corrected chi connectivity index (χ1v) is 8.58. The summed E-state index contributed by atoms with van der Waals surface area (Å²) >= 11 is 0. The number of carbonyl (C=O) groups excluding carboxylic acids is 2. The lowest BCUT2D eigenvalue weighted by molar-refractivity contribution is 0.0600. The maximum Gasteiger partial charge on any atom is 0.339 e. The van der Waals surface area contributed by atoms with Gasteiger partial charge >= 0.3 is 5.97 Å². The van der Waals surface area contributed by atoms with E-state index >= 15 is 0 Å². The monoisotopic (exact) mass is 363 g/mol. The molecule has 1 aromatic heterocycles. The zero-order chi connectivity index (χ0) is 18.6. The van der Waals surface area contributed by atoms with E-state index in [2.05, 4.69) is 15.0 Å². The average molecular weight is 363 g/mol. The first-order chi connectivity index (χ1) is 11.8. The Morgan fingerprint density at radius 3 is 2.20 bits per heavy atom. The summed E-state index contributed by atoms with van der Waals surface area (Å²) in [6.45, 7) is 0. The van der Waals surface area contributed by atoms with E-state index in [1.54, 1.807) is 0 Å². The van der Waals surface area contributed by atoms with Crippen molar-refractivity contribution in [2.24, 2.45) is 0 Å². The second-order valence-electron chi connectivity index (χ2n) is 5.19. The summed E-state index contributed by atoms with van der Waals surface area (Å²) in [6.07, 6.45) is 1.24. The third-order valence-corrected chi connectivity index (χ3v) is 5.14. The van der Waals surface area contributed by atoms with Crippen LogP contribution in [0, 0.1) is 0 Å². The molecule has 2 rings (SSSR count). The molecular weight excluding hydrogens is 346 g/mol. The SMILES string of the molecule is COC(=O)c1ccc(C(=O)Nc2ccc(S(=O)(=O)N(C)C)cc2)nc1. The lowest BCUT2D eigenvalue weighted by atomic mass is 10.2. The number of sulfonamides is 1. The summed E-state index contributed by atoms with van der Waals surface area (Å²) in [4.78, 5) is 27.5. The van der Waals surface area contributed by atoms with Crippen LogP contribution in [-0.2, 0) is 14.8 Å². The summed E-state index contributed by atoms with van der Waals surface area (Å²) in [5.74, 6) is -1.03. The Hall–Kier alpha value is -2.78. The molecule has 0 fully saturated rings. The third-order valence-electron chi connectivity index (χ3n) is 3.31. The Labute approximate surface area is 145 Å². The van der Waals surface area contributed by atoms with Crippen LogP contribution in [0.3, 0.4) is 0 Å². The number of pyridine rings is 1. The van der Waals surface area contributed by atoms with Gasteiger partial charge < -0.3 is 10.1 Å². The number of methoxy groups -OCH3 is 1. The highest BCUT2D eigenvalue weighted by Gasteiger charge is 2.17. The molecule has 0 bridgehead atoms. The van der Waals surface area contributed by atoms with Crippen molar-refractivity contribution in [1.29, 1.82) is 0 Å². The minimum Gasteiger partial charge on any atom is -0.465 e. The minimum atomic E-state index is -3.53. The smallest absolute Gasteiger partial charge is 0.339 e. The Balaban J connectivity index is 2.12. The Kier molecular flexibility index (Phi) is 5.50. The van der Waals surface area contributed by atoms with Gasteiger partial charge in [0.15, 0.2) is 0 Å². The fourth-order valence-electron chi connectivity index (χ4n) is 1.88.